The standard InChI is InChI=1S/C20H14FN5/c21-17-3-1-2-15(10-17)12-23-19-8-9-20-24-13-18(26(20)25-19)16-6-4-14(11-22)5-7-16/h1-10,13H,12H2,(H,23,25). The largest absolute Gasteiger partial charge is 0.365 e. The van der Waals surface area contributed by atoms with Gasteiger partial charge in [0.1, 0.15) is 11.6 Å². The highest BCUT2D eigenvalue weighted by molar-refractivity contribution is 5.64. The van der Waals surface area contributed by atoms with Gasteiger partial charge >= 0.3 is 0 Å². The summed E-state index contributed by atoms with van der Waals surface area (Å²) in [7, 11) is 0. The molecular formula is C20H14FN5. The van der Waals surface area contributed by atoms with Crippen molar-refractivity contribution in [2.75, 3.05) is 5.32 Å². The predicted octanol–water partition coefficient (Wildman–Crippen LogP) is 4.02. The van der Waals surface area contributed by atoms with Gasteiger partial charge in [0, 0.05) is 12.1 Å². The zero-order chi connectivity index (χ0) is 17.9. The molecule has 0 saturated heterocycles. The lowest BCUT2D eigenvalue weighted by atomic mass is 10.1. The second-order valence-corrected chi connectivity index (χ2v) is 5.80. The Morgan fingerprint density at radius 3 is 2.69 bits per heavy atom. The van der Waals surface area contributed by atoms with Crippen molar-refractivity contribution in [2.45, 2.75) is 6.54 Å². The lowest BCUT2D eigenvalue weighted by molar-refractivity contribution is 0.626. The summed E-state index contributed by atoms with van der Waals surface area (Å²) in [5.41, 5.74) is 3.92. The fraction of sp³-hybridized carbons (Fsp3) is 0.0500. The van der Waals surface area contributed by atoms with Crippen LogP contribution in [0.15, 0.2) is 66.9 Å². The third-order valence-electron chi connectivity index (χ3n) is 4.03. The molecule has 0 aliphatic rings. The van der Waals surface area contributed by atoms with Gasteiger partial charge in [-0.15, -0.1) is 5.10 Å². The summed E-state index contributed by atoms with van der Waals surface area (Å²) in [6.07, 6.45) is 1.75. The van der Waals surface area contributed by atoms with Gasteiger partial charge in [-0.3, -0.25) is 0 Å². The number of imidazole rings is 1. The van der Waals surface area contributed by atoms with Gasteiger partial charge in [-0.25, -0.2) is 13.9 Å². The first-order valence-electron chi connectivity index (χ1n) is 8.06. The third-order valence-corrected chi connectivity index (χ3v) is 4.03. The summed E-state index contributed by atoms with van der Waals surface area (Å²) in [5, 5.41) is 16.7. The number of nitrogens with zero attached hydrogens (tertiary/aromatic N) is 4. The zero-order valence-corrected chi connectivity index (χ0v) is 13.7. The van der Waals surface area contributed by atoms with E-state index in [4.69, 9.17) is 5.26 Å². The highest BCUT2D eigenvalue weighted by atomic mass is 19.1. The number of hydrogen-bond acceptors (Lipinski definition) is 4. The van der Waals surface area contributed by atoms with E-state index in [1.807, 2.05) is 30.3 Å². The molecule has 1 N–H and O–H groups in total. The SMILES string of the molecule is N#Cc1ccc(-c2cnc3ccc(NCc4cccc(F)c4)nn23)cc1. The molecule has 0 bridgehead atoms. The lowest BCUT2D eigenvalue weighted by Gasteiger charge is -2.07. The van der Waals surface area contributed by atoms with Crippen LogP contribution in [0.3, 0.4) is 0 Å². The molecule has 2 aromatic heterocycles. The van der Waals surface area contributed by atoms with Gasteiger partial charge < -0.3 is 5.32 Å². The number of benzene rings is 2. The zero-order valence-electron chi connectivity index (χ0n) is 13.7. The molecule has 4 rings (SSSR count). The Labute approximate surface area is 149 Å². The van der Waals surface area contributed by atoms with E-state index in [9.17, 15) is 4.39 Å². The van der Waals surface area contributed by atoms with E-state index in [1.165, 1.54) is 12.1 Å². The van der Waals surface area contributed by atoms with Gasteiger partial charge in [-0.1, -0.05) is 24.3 Å². The van der Waals surface area contributed by atoms with Crippen LogP contribution in [0, 0.1) is 17.1 Å². The van der Waals surface area contributed by atoms with Crippen LogP contribution in [0.2, 0.25) is 0 Å². The molecule has 4 aromatic rings. The highest BCUT2D eigenvalue weighted by Crippen LogP contribution is 2.21. The van der Waals surface area contributed by atoms with Gasteiger partial charge in [0.25, 0.3) is 0 Å². The molecule has 126 valence electrons. The quantitative estimate of drug-likeness (QED) is 0.608. The molecule has 0 radical (unpaired) electrons. The molecule has 0 amide bonds. The van der Waals surface area contributed by atoms with Crippen LogP contribution in [-0.2, 0) is 6.54 Å². The van der Waals surface area contributed by atoms with E-state index < -0.39 is 0 Å². The molecule has 2 heterocycles. The fourth-order valence-corrected chi connectivity index (χ4v) is 2.72. The molecule has 0 fully saturated rings. The lowest BCUT2D eigenvalue weighted by Crippen LogP contribution is -2.04. The second kappa shape index (κ2) is 6.65. The van der Waals surface area contributed by atoms with E-state index in [2.05, 4.69) is 21.5 Å². The number of hydrogen-bond donors (Lipinski definition) is 1. The van der Waals surface area contributed by atoms with Crippen molar-refractivity contribution in [1.29, 1.82) is 5.26 Å². The van der Waals surface area contributed by atoms with Crippen molar-refractivity contribution >= 4 is 11.5 Å². The minimum absolute atomic E-state index is 0.259. The number of nitrogens with one attached hydrogen (secondary N) is 1. The Morgan fingerprint density at radius 1 is 1.08 bits per heavy atom. The van der Waals surface area contributed by atoms with Gasteiger partial charge in [-0.2, -0.15) is 5.26 Å². The molecule has 6 heteroatoms. The average molecular weight is 343 g/mol. The number of rotatable bonds is 4. The molecule has 0 unspecified atom stereocenters. The highest BCUT2D eigenvalue weighted by Gasteiger charge is 2.08. The van der Waals surface area contributed by atoms with E-state index in [1.54, 1.807) is 28.9 Å². The second-order valence-electron chi connectivity index (χ2n) is 5.80. The topological polar surface area (TPSA) is 66.0 Å². The van der Waals surface area contributed by atoms with Crippen molar-refractivity contribution < 1.29 is 4.39 Å². The fourth-order valence-electron chi connectivity index (χ4n) is 2.72. The molecule has 26 heavy (non-hydrogen) atoms. The summed E-state index contributed by atoms with van der Waals surface area (Å²) >= 11 is 0. The molecular weight excluding hydrogens is 329 g/mol. The number of aromatic nitrogens is 3. The number of halogens is 1. The van der Waals surface area contributed by atoms with Gasteiger partial charge in [0.15, 0.2) is 5.65 Å². The van der Waals surface area contributed by atoms with Crippen LogP contribution in [0.5, 0.6) is 0 Å². The van der Waals surface area contributed by atoms with E-state index in [-0.39, 0.29) is 5.82 Å². The summed E-state index contributed by atoms with van der Waals surface area (Å²) in [6, 6.07) is 19.5. The van der Waals surface area contributed by atoms with Gasteiger partial charge in [0.2, 0.25) is 0 Å². The smallest absolute Gasteiger partial charge is 0.154 e. The Morgan fingerprint density at radius 2 is 1.92 bits per heavy atom. The van der Waals surface area contributed by atoms with Gasteiger partial charge in [0.05, 0.1) is 23.5 Å². The van der Waals surface area contributed by atoms with E-state index >= 15 is 0 Å². The van der Waals surface area contributed by atoms with E-state index in [0.717, 1.165) is 22.5 Å². The van der Waals surface area contributed by atoms with Crippen LogP contribution in [0.1, 0.15) is 11.1 Å². The molecule has 0 aliphatic carbocycles. The average Bonchev–Trinajstić information content (AvgIpc) is 3.10. The van der Waals surface area contributed by atoms with Crippen molar-refractivity contribution in [3.63, 3.8) is 0 Å². The van der Waals surface area contributed by atoms with Crippen LogP contribution < -0.4 is 5.32 Å². The van der Waals surface area contributed by atoms with E-state index in [0.29, 0.717) is 17.9 Å². The molecule has 5 nitrogen and oxygen atoms in total. The van der Waals surface area contributed by atoms with Crippen LogP contribution in [0.25, 0.3) is 16.9 Å². The minimum Gasteiger partial charge on any atom is -0.365 e. The number of nitriles is 1. The molecule has 0 saturated carbocycles. The van der Waals surface area contributed by atoms with Crippen LogP contribution >= 0.6 is 0 Å². The van der Waals surface area contributed by atoms with Gasteiger partial charge in [-0.05, 0) is 42.0 Å². The maximum absolute atomic E-state index is 13.3. The summed E-state index contributed by atoms with van der Waals surface area (Å²) in [5.74, 6) is 0.403. The van der Waals surface area contributed by atoms with Crippen molar-refractivity contribution in [3.05, 3.63) is 83.8 Å². The Bertz CT molecular complexity index is 1110. The molecule has 0 spiro atoms. The molecule has 0 atom stereocenters. The summed E-state index contributed by atoms with van der Waals surface area (Å²) < 4.78 is 15.0. The maximum Gasteiger partial charge on any atom is 0.154 e. The number of fused-ring (bicyclic) bond motifs is 1. The summed E-state index contributed by atoms with van der Waals surface area (Å²) in [6.45, 7) is 0.469. The Hall–Kier alpha value is -3.72. The first kappa shape index (κ1) is 15.8. The molecule has 0 aliphatic heterocycles. The monoisotopic (exact) mass is 343 g/mol. The third kappa shape index (κ3) is 3.10. The molecule has 2 aromatic carbocycles. The predicted molar refractivity (Wildman–Crippen MR) is 96.9 cm³/mol. The normalized spacial score (nSPS) is 10.6. The van der Waals surface area contributed by atoms with Crippen molar-refractivity contribution in [2.24, 2.45) is 0 Å². The minimum atomic E-state index is -0.259. The van der Waals surface area contributed by atoms with Crippen LogP contribution in [-0.4, -0.2) is 14.6 Å². The maximum atomic E-state index is 13.3. The van der Waals surface area contributed by atoms with Crippen LogP contribution in [0.4, 0.5) is 10.2 Å². The van der Waals surface area contributed by atoms with Crippen molar-refractivity contribution in [1.82, 2.24) is 14.6 Å². The van der Waals surface area contributed by atoms with Crippen molar-refractivity contribution in [3.8, 4) is 17.3 Å². The Balaban J connectivity index is 1.62. The Kier molecular flexibility index (Phi) is 4.04. The summed E-state index contributed by atoms with van der Waals surface area (Å²) in [4.78, 5) is 4.37. The first-order valence-corrected chi connectivity index (χ1v) is 8.06. The first-order chi connectivity index (χ1) is 12.7. The number of anilines is 1.